The van der Waals surface area contributed by atoms with E-state index in [4.69, 9.17) is 18.3 Å². The van der Waals surface area contributed by atoms with Gasteiger partial charge >= 0.3 is 152 Å². The van der Waals surface area contributed by atoms with Gasteiger partial charge in [0, 0.05) is 0 Å². The molecule has 8 nitrogen and oxygen atoms in total. The molecule has 0 amide bonds. The molecule has 2 heterocycles. The first-order valence-corrected chi connectivity index (χ1v) is 10.6. The molecular weight excluding hydrogens is 359 g/mol. The Morgan fingerprint density at radius 2 is 1.38 bits per heavy atom. The molecule has 9 heteroatoms. The summed E-state index contributed by atoms with van der Waals surface area (Å²) in [6.07, 6.45) is 0. The molecule has 3 rings (SSSR count). The van der Waals surface area contributed by atoms with Crippen LogP contribution in [0.3, 0.4) is 0 Å². The molecule has 2 aliphatic rings. The first kappa shape index (κ1) is 18.9. The van der Waals surface area contributed by atoms with E-state index in [9.17, 15) is 9.59 Å². The van der Waals surface area contributed by atoms with E-state index in [1.165, 1.54) is 7.11 Å². The van der Waals surface area contributed by atoms with E-state index in [0.717, 1.165) is 0 Å². The van der Waals surface area contributed by atoms with E-state index in [2.05, 4.69) is 10.2 Å². The van der Waals surface area contributed by atoms with Gasteiger partial charge in [-0.25, -0.2) is 0 Å². The van der Waals surface area contributed by atoms with Gasteiger partial charge in [0.15, 0.2) is 0 Å². The summed E-state index contributed by atoms with van der Waals surface area (Å²) in [5.74, 6) is -0.451. The topological polar surface area (TPSA) is 95.1 Å². The molecule has 0 aromatic heterocycles. The SMILES string of the molecule is COc1ccccc1OP12(N[C@@H](C(C)C)C(=O)O1)N[C@@H](C(C)C)C(=O)O2. The summed E-state index contributed by atoms with van der Waals surface area (Å²) >= 11 is 0. The van der Waals surface area contributed by atoms with Gasteiger partial charge in [-0.2, -0.15) is 0 Å². The molecular formula is C17H25N2O6P. The molecule has 0 unspecified atom stereocenters. The second kappa shape index (κ2) is 6.37. The van der Waals surface area contributed by atoms with E-state index in [1.807, 2.05) is 27.7 Å². The molecule has 0 radical (unpaired) electrons. The van der Waals surface area contributed by atoms with Crippen LogP contribution in [0.4, 0.5) is 0 Å². The number of hydrogen-bond donors (Lipinski definition) is 2. The van der Waals surface area contributed by atoms with Crippen molar-refractivity contribution in [3.8, 4) is 11.5 Å². The van der Waals surface area contributed by atoms with Crippen LogP contribution in [0.1, 0.15) is 27.7 Å². The molecule has 2 N–H and O–H groups in total. The molecule has 1 aromatic carbocycles. The van der Waals surface area contributed by atoms with E-state index in [-0.39, 0.29) is 11.8 Å². The number of ether oxygens (including phenoxy) is 1. The Balaban J connectivity index is 2.07. The molecule has 0 aliphatic carbocycles. The number of rotatable bonds is 5. The number of para-hydroxylation sites is 2. The van der Waals surface area contributed by atoms with Gasteiger partial charge in [-0.1, -0.05) is 0 Å². The van der Waals surface area contributed by atoms with E-state index < -0.39 is 31.6 Å². The second-order valence-electron chi connectivity index (χ2n) is 7.15. The molecule has 26 heavy (non-hydrogen) atoms. The van der Waals surface area contributed by atoms with Gasteiger partial charge in [-0.05, 0) is 0 Å². The Labute approximate surface area is 152 Å². The third kappa shape index (κ3) is 3.02. The average Bonchev–Trinajstić information content (AvgIpc) is 3.02. The predicted molar refractivity (Wildman–Crippen MR) is 96.2 cm³/mol. The Hall–Kier alpha value is -1.89. The Morgan fingerprint density at radius 3 is 1.77 bits per heavy atom. The van der Waals surface area contributed by atoms with Gasteiger partial charge in [-0.15, -0.1) is 0 Å². The first-order valence-electron chi connectivity index (χ1n) is 8.59. The van der Waals surface area contributed by atoms with E-state index in [0.29, 0.717) is 11.5 Å². The third-order valence-electron chi connectivity index (χ3n) is 4.41. The quantitative estimate of drug-likeness (QED) is 0.748. The predicted octanol–water partition coefficient (Wildman–Crippen LogP) is 2.54. The van der Waals surface area contributed by atoms with Crippen molar-refractivity contribution in [1.82, 2.24) is 10.2 Å². The van der Waals surface area contributed by atoms with Gasteiger partial charge in [0.2, 0.25) is 0 Å². The summed E-state index contributed by atoms with van der Waals surface area (Å²) in [4.78, 5) is 25.0. The minimum absolute atomic E-state index is 0.0797. The van der Waals surface area contributed by atoms with Crippen molar-refractivity contribution in [3.63, 3.8) is 0 Å². The van der Waals surface area contributed by atoms with Crippen LogP contribution in [-0.4, -0.2) is 31.1 Å². The summed E-state index contributed by atoms with van der Waals surface area (Å²) in [7, 11) is -2.96. The Bertz CT molecular complexity index is 702. The van der Waals surface area contributed by atoms with Gasteiger partial charge in [0.1, 0.15) is 0 Å². The fraction of sp³-hybridized carbons (Fsp3) is 0.529. The van der Waals surface area contributed by atoms with Crippen LogP contribution in [0.15, 0.2) is 24.3 Å². The van der Waals surface area contributed by atoms with Crippen molar-refractivity contribution in [2.75, 3.05) is 7.11 Å². The van der Waals surface area contributed by atoms with Gasteiger partial charge in [0.25, 0.3) is 0 Å². The van der Waals surface area contributed by atoms with Crippen LogP contribution in [0.2, 0.25) is 0 Å². The maximum absolute atomic E-state index is 12.5. The zero-order valence-electron chi connectivity index (χ0n) is 15.5. The number of methoxy groups -OCH3 is 1. The zero-order valence-corrected chi connectivity index (χ0v) is 16.4. The van der Waals surface area contributed by atoms with Crippen molar-refractivity contribution in [1.29, 1.82) is 0 Å². The summed E-state index contributed by atoms with van der Waals surface area (Å²) < 4.78 is 22.8. The Kier molecular flexibility index (Phi) is 4.63. The van der Waals surface area contributed by atoms with Gasteiger partial charge < -0.3 is 0 Å². The number of hydrogen-bond acceptors (Lipinski definition) is 8. The van der Waals surface area contributed by atoms with Crippen LogP contribution in [0, 0.1) is 11.8 Å². The van der Waals surface area contributed by atoms with Crippen molar-refractivity contribution in [2.45, 2.75) is 39.8 Å². The molecule has 0 saturated carbocycles. The fourth-order valence-corrected chi connectivity index (χ4v) is 6.65. The summed E-state index contributed by atoms with van der Waals surface area (Å²) in [6.45, 7) is 7.49. The van der Waals surface area contributed by atoms with Crippen molar-refractivity contribution < 1.29 is 27.9 Å². The van der Waals surface area contributed by atoms with Gasteiger partial charge in [0.05, 0.1) is 0 Å². The monoisotopic (exact) mass is 384 g/mol. The third-order valence-corrected chi connectivity index (χ3v) is 7.41. The molecule has 1 spiro atoms. The van der Waals surface area contributed by atoms with E-state index >= 15 is 0 Å². The molecule has 2 aliphatic heterocycles. The van der Waals surface area contributed by atoms with Gasteiger partial charge in [-0.3, -0.25) is 0 Å². The van der Waals surface area contributed by atoms with E-state index in [1.54, 1.807) is 24.3 Å². The fourth-order valence-electron chi connectivity index (χ4n) is 2.99. The molecule has 0 bridgehead atoms. The van der Waals surface area contributed by atoms with Crippen LogP contribution in [0.5, 0.6) is 11.5 Å². The molecule has 1 aromatic rings. The number of carbonyl (C=O) groups is 2. The second-order valence-corrected chi connectivity index (χ2v) is 9.98. The minimum atomic E-state index is -4.46. The van der Waals surface area contributed by atoms with Crippen LogP contribution in [-0.2, 0) is 18.6 Å². The number of benzene rings is 1. The molecule has 144 valence electrons. The standard InChI is InChI=1S/C17H25N2O6P/c1-10(2)14-16(20)24-26(18-14,19-15(11(3)4)17(21)25-26)23-13-9-7-6-8-12(13)22-5/h6-11,14-15,18-19H,1-5H3/t14-,15-/m0/s1. The summed E-state index contributed by atoms with van der Waals surface area (Å²) in [5, 5.41) is 6.14. The number of carbonyl (C=O) groups excluding carboxylic acids is 2. The number of nitrogens with one attached hydrogen (secondary N) is 2. The molecule has 2 saturated heterocycles. The first-order chi connectivity index (χ1) is 12.2. The van der Waals surface area contributed by atoms with Crippen LogP contribution in [0.25, 0.3) is 0 Å². The van der Waals surface area contributed by atoms with Crippen LogP contribution >= 0.6 is 7.59 Å². The zero-order chi connectivity index (χ0) is 19.1. The molecule has 2 fully saturated rings. The summed E-state index contributed by atoms with van der Waals surface area (Å²) in [5.41, 5.74) is 0. The van der Waals surface area contributed by atoms with Crippen molar-refractivity contribution in [3.05, 3.63) is 24.3 Å². The maximum atomic E-state index is 12.5. The average molecular weight is 384 g/mol. The summed E-state index contributed by atoms with van der Waals surface area (Å²) in [6, 6.07) is 5.59. The molecule has 2 atom stereocenters. The Morgan fingerprint density at radius 1 is 0.923 bits per heavy atom. The normalized spacial score (nSPS) is 27.9. The van der Waals surface area contributed by atoms with Crippen molar-refractivity contribution >= 4 is 19.5 Å². The van der Waals surface area contributed by atoms with Crippen LogP contribution < -0.4 is 19.4 Å². The van der Waals surface area contributed by atoms with Crippen molar-refractivity contribution in [2.24, 2.45) is 11.8 Å².